The van der Waals surface area contributed by atoms with Crippen LogP contribution in [0.1, 0.15) is 33.4 Å². The van der Waals surface area contributed by atoms with Crippen LogP contribution in [-0.2, 0) is 0 Å². The summed E-state index contributed by atoms with van der Waals surface area (Å²) in [5.41, 5.74) is 3.59. The minimum absolute atomic E-state index is 0.0319. The van der Waals surface area contributed by atoms with Crippen molar-refractivity contribution >= 4 is 5.91 Å². The Morgan fingerprint density at radius 3 is 1.83 bits per heavy atom. The van der Waals surface area contributed by atoms with E-state index in [1.165, 1.54) is 17.2 Å². The second kappa shape index (κ2) is 10.1. The number of para-hydroxylation sites is 1. The van der Waals surface area contributed by atoms with Crippen molar-refractivity contribution in [3.63, 3.8) is 0 Å². The number of rotatable bonds is 5. The number of hydrogen-bond donors (Lipinski definition) is 0. The van der Waals surface area contributed by atoms with Gasteiger partial charge in [-0.25, -0.2) is 4.68 Å². The van der Waals surface area contributed by atoms with E-state index in [0.717, 1.165) is 5.69 Å². The predicted octanol–water partition coefficient (Wildman–Crippen LogP) is 4.09. The summed E-state index contributed by atoms with van der Waals surface area (Å²) in [6, 6.07) is 32.1. The van der Waals surface area contributed by atoms with E-state index in [-0.39, 0.29) is 23.1 Å². The molecule has 0 spiro atoms. The van der Waals surface area contributed by atoms with Gasteiger partial charge in [-0.2, -0.15) is 5.10 Å². The number of carbonyl (C=O) groups is 1. The van der Waals surface area contributed by atoms with Gasteiger partial charge in [0.2, 0.25) is 5.43 Å². The molecule has 0 radical (unpaired) electrons. The summed E-state index contributed by atoms with van der Waals surface area (Å²) >= 11 is 0. The molecular weight excluding hydrogens is 436 g/mol. The molecule has 0 saturated carbocycles. The molecule has 4 aromatic rings. The molecule has 1 aliphatic rings. The Morgan fingerprint density at radius 2 is 1.29 bits per heavy atom. The van der Waals surface area contributed by atoms with Crippen LogP contribution in [-0.4, -0.2) is 51.7 Å². The smallest absolute Gasteiger partial charge is 0.278 e. The molecule has 35 heavy (non-hydrogen) atoms. The molecule has 1 aromatic heterocycles. The van der Waals surface area contributed by atoms with E-state index in [2.05, 4.69) is 58.5 Å². The summed E-state index contributed by atoms with van der Waals surface area (Å²) < 4.78 is 1.66. The summed E-state index contributed by atoms with van der Waals surface area (Å²) in [5.74, 6) is -0.310. The molecule has 0 bridgehead atoms. The molecular formula is C29H28N4O2. The standard InChI is InChI=1S/C29H28N4O2/c1-22-21-26(34)27(30-33(22)25-15-9-4-10-16-25)29(35)32-19-17-31(18-20-32)28(23-11-5-2-6-12-23)24-13-7-3-8-14-24/h2-16,21,28H,17-20H2,1H3. The molecule has 1 fully saturated rings. The number of nitrogens with zero attached hydrogens (tertiary/aromatic N) is 4. The molecule has 5 rings (SSSR count). The fourth-order valence-corrected chi connectivity index (χ4v) is 4.74. The van der Waals surface area contributed by atoms with Crippen molar-refractivity contribution in [2.75, 3.05) is 26.2 Å². The number of piperazine rings is 1. The van der Waals surface area contributed by atoms with Crippen molar-refractivity contribution in [1.29, 1.82) is 0 Å². The first-order valence-corrected chi connectivity index (χ1v) is 11.9. The van der Waals surface area contributed by atoms with Crippen LogP contribution in [0.5, 0.6) is 0 Å². The lowest BCUT2D eigenvalue weighted by Gasteiger charge is -2.39. The van der Waals surface area contributed by atoms with Gasteiger partial charge in [0.1, 0.15) is 0 Å². The Bertz CT molecular complexity index is 1310. The first kappa shape index (κ1) is 22.7. The Labute approximate surface area is 205 Å². The molecule has 1 aliphatic heterocycles. The highest BCUT2D eigenvalue weighted by atomic mass is 16.2. The van der Waals surface area contributed by atoms with Crippen molar-refractivity contribution in [2.24, 2.45) is 0 Å². The number of aromatic nitrogens is 2. The zero-order valence-electron chi connectivity index (χ0n) is 19.7. The first-order chi connectivity index (χ1) is 17.1. The maximum Gasteiger partial charge on any atom is 0.278 e. The fourth-order valence-electron chi connectivity index (χ4n) is 4.74. The van der Waals surface area contributed by atoms with Crippen LogP contribution in [0.15, 0.2) is 102 Å². The summed E-state index contributed by atoms with van der Waals surface area (Å²) in [6.07, 6.45) is 0. The van der Waals surface area contributed by atoms with Gasteiger partial charge in [0.25, 0.3) is 5.91 Å². The van der Waals surface area contributed by atoms with E-state index >= 15 is 0 Å². The number of carbonyl (C=O) groups excluding carboxylic acids is 1. The molecule has 0 N–H and O–H groups in total. The molecule has 1 amide bonds. The third-order valence-corrected chi connectivity index (χ3v) is 6.51. The maximum atomic E-state index is 13.4. The number of benzene rings is 3. The van der Waals surface area contributed by atoms with Crippen LogP contribution in [0.2, 0.25) is 0 Å². The van der Waals surface area contributed by atoms with Gasteiger partial charge in [0.05, 0.1) is 11.7 Å². The van der Waals surface area contributed by atoms with E-state index in [4.69, 9.17) is 0 Å². The van der Waals surface area contributed by atoms with E-state index in [9.17, 15) is 9.59 Å². The van der Waals surface area contributed by atoms with Crippen molar-refractivity contribution in [2.45, 2.75) is 13.0 Å². The van der Waals surface area contributed by atoms with Crippen LogP contribution < -0.4 is 5.43 Å². The van der Waals surface area contributed by atoms with Gasteiger partial charge < -0.3 is 4.90 Å². The van der Waals surface area contributed by atoms with Crippen molar-refractivity contribution < 1.29 is 4.79 Å². The molecule has 0 atom stereocenters. The van der Waals surface area contributed by atoms with E-state index in [1.54, 1.807) is 9.58 Å². The third-order valence-electron chi connectivity index (χ3n) is 6.51. The summed E-state index contributed by atoms with van der Waals surface area (Å²) in [5, 5.41) is 4.47. The van der Waals surface area contributed by atoms with Crippen molar-refractivity contribution in [3.8, 4) is 5.69 Å². The lowest BCUT2D eigenvalue weighted by atomic mass is 9.96. The predicted molar refractivity (Wildman–Crippen MR) is 137 cm³/mol. The van der Waals surface area contributed by atoms with Crippen LogP contribution in [0, 0.1) is 6.92 Å². The van der Waals surface area contributed by atoms with Gasteiger partial charge in [0.15, 0.2) is 5.69 Å². The van der Waals surface area contributed by atoms with Gasteiger partial charge in [0, 0.05) is 37.9 Å². The van der Waals surface area contributed by atoms with Crippen LogP contribution in [0.25, 0.3) is 5.69 Å². The van der Waals surface area contributed by atoms with E-state index in [1.807, 2.05) is 49.4 Å². The molecule has 1 saturated heterocycles. The summed E-state index contributed by atoms with van der Waals surface area (Å²) in [7, 11) is 0. The van der Waals surface area contributed by atoms with Crippen molar-refractivity contribution in [1.82, 2.24) is 19.6 Å². The van der Waals surface area contributed by atoms with Crippen LogP contribution >= 0.6 is 0 Å². The fraction of sp³-hybridized carbons (Fsp3) is 0.207. The lowest BCUT2D eigenvalue weighted by Crippen LogP contribution is -2.50. The van der Waals surface area contributed by atoms with Crippen LogP contribution in [0.4, 0.5) is 0 Å². The number of aryl methyl sites for hydroxylation is 1. The Morgan fingerprint density at radius 1 is 0.771 bits per heavy atom. The second-order valence-corrected chi connectivity index (χ2v) is 8.80. The summed E-state index contributed by atoms with van der Waals surface area (Å²) in [6.45, 7) is 4.31. The third kappa shape index (κ3) is 4.79. The highest BCUT2D eigenvalue weighted by molar-refractivity contribution is 5.92. The average Bonchev–Trinajstić information content (AvgIpc) is 2.91. The van der Waals surface area contributed by atoms with Gasteiger partial charge in [-0.3, -0.25) is 14.5 Å². The normalized spacial score (nSPS) is 14.3. The van der Waals surface area contributed by atoms with Gasteiger partial charge in [-0.05, 0) is 30.2 Å². The highest BCUT2D eigenvalue weighted by Gasteiger charge is 2.30. The van der Waals surface area contributed by atoms with Crippen molar-refractivity contribution in [3.05, 3.63) is 130 Å². The summed E-state index contributed by atoms with van der Waals surface area (Å²) in [4.78, 5) is 30.2. The molecule has 6 heteroatoms. The van der Waals surface area contributed by atoms with Gasteiger partial charge in [-0.15, -0.1) is 0 Å². The average molecular weight is 465 g/mol. The quantitative estimate of drug-likeness (QED) is 0.447. The topological polar surface area (TPSA) is 58.4 Å². The Balaban J connectivity index is 1.37. The first-order valence-electron chi connectivity index (χ1n) is 11.9. The van der Waals surface area contributed by atoms with Crippen LogP contribution in [0.3, 0.4) is 0 Å². The van der Waals surface area contributed by atoms with E-state index in [0.29, 0.717) is 31.9 Å². The van der Waals surface area contributed by atoms with Gasteiger partial charge >= 0.3 is 0 Å². The Hall–Kier alpha value is -4.03. The number of amides is 1. The molecule has 2 heterocycles. The highest BCUT2D eigenvalue weighted by Crippen LogP contribution is 2.29. The maximum absolute atomic E-state index is 13.4. The zero-order chi connectivity index (χ0) is 24.2. The molecule has 6 nitrogen and oxygen atoms in total. The molecule has 3 aromatic carbocycles. The molecule has 0 aliphatic carbocycles. The monoisotopic (exact) mass is 464 g/mol. The second-order valence-electron chi connectivity index (χ2n) is 8.80. The Kier molecular flexibility index (Phi) is 6.55. The lowest BCUT2D eigenvalue weighted by molar-refractivity contribution is 0.0588. The zero-order valence-corrected chi connectivity index (χ0v) is 19.7. The largest absolute Gasteiger partial charge is 0.335 e. The SMILES string of the molecule is Cc1cc(=O)c(C(=O)N2CCN(C(c3ccccc3)c3ccccc3)CC2)nn1-c1ccccc1. The molecule has 176 valence electrons. The minimum atomic E-state index is -0.339. The van der Waals surface area contributed by atoms with Gasteiger partial charge in [-0.1, -0.05) is 78.9 Å². The number of hydrogen-bond acceptors (Lipinski definition) is 4. The molecule has 0 unspecified atom stereocenters. The van der Waals surface area contributed by atoms with E-state index < -0.39 is 0 Å². The minimum Gasteiger partial charge on any atom is -0.335 e.